The number of ketones is 1. The summed E-state index contributed by atoms with van der Waals surface area (Å²) in [5.41, 5.74) is 0.765. The summed E-state index contributed by atoms with van der Waals surface area (Å²) in [6.45, 7) is 11.7. The van der Waals surface area contributed by atoms with E-state index < -0.39 is 16.1 Å². The molecular formula is C16H28NO6S+. The molecule has 7 nitrogen and oxygen atoms in total. The fourth-order valence-electron chi connectivity index (χ4n) is 2.03. The molecule has 0 aromatic carbocycles. The molecule has 0 amide bonds. The number of Topliss-reactive ketones (excluding diaryl/α,β-unsaturated/α-hetero) is 1. The van der Waals surface area contributed by atoms with Crippen LogP contribution in [0.4, 0.5) is 0 Å². The molecule has 0 aliphatic carbocycles. The van der Waals surface area contributed by atoms with Gasteiger partial charge >= 0.3 is 5.97 Å². The fourth-order valence-corrected chi connectivity index (χ4v) is 2.52. The van der Waals surface area contributed by atoms with Crippen LogP contribution in [0.25, 0.3) is 0 Å². The van der Waals surface area contributed by atoms with E-state index in [2.05, 4.69) is 13.2 Å². The monoisotopic (exact) mass is 362 g/mol. The summed E-state index contributed by atoms with van der Waals surface area (Å²) in [7, 11) is -2.17. The molecule has 8 heteroatoms. The lowest BCUT2D eigenvalue weighted by molar-refractivity contribution is -0.909. The molecule has 1 unspecified atom stereocenters. The molecule has 1 atom stereocenters. The minimum absolute atomic E-state index is 0.0620. The number of carbonyl (C=O) groups is 2. The van der Waals surface area contributed by atoms with Gasteiger partial charge in [-0.2, -0.15) is 8.42 Å². The van der Waals surface area contributed by atoms with E-state index in [1.165, 1.54) is 0 Å². The molecule has 0 saturated carbocycles. The molecule has 0 aromatic heterocycles. The molecule has 0 radical (unpaired) electrons. The predicted molar refractivity (Wildman–Crippen MR) is 92.0 cm³/mol. The highest BCUT2D eigenvalue weighted by atomic mass is 32.2. The number of ether oxygens (including phenoxy) is 1. The summed E-state index contributed by atoms with van der Waals surface area (Å²) in [6.07, 6.45) is 0.511. The Morgan fingerprint density at radius 2 is 1.67 bits per heavy atom. The maximum Gasteiger partial charge on any atom is 0.333 e. The maximum atomic E-state index is 11.8. The van der Waals surface area contributed by atoms with Crippen molar-refractivity contribution in [1.29, 1.82) is 0 Å². The van der Waals surface area contributed by atoms with E-state index in [0.717, 1.165) is 0 Å². The Kier molecular flexibility index (Phi) is 9.09. The van der Waals surface area contributed by atoms with Gasteiger partial charge in [-0.3, -0.25) is 9.35 Å². The first-order valence-corrected chi connectivity index (χ1v) is 9.27. The van der Waals surface area contributed by atoms with Crippen LogP contribution in [-0.2, 0) is 24.4 Å². The molecule has 0 aliphatic rings. The Morgan fingerprint density at radius 1 is 1.08 bits per heavy atom. The van der Waals surface area contributed by atoms with Crippen molar-refractivity contribution in [3.05, 3.63) is 24.3 Å². The van der Waals surface area contributed by atoms with Gasteiger partial charge in [0, 0.05) is 12.0 Å². The van der Waals surface area contributed by atoms with Crippen LogP contribution in [0, 0.1) is 0 Å². The van der Waals surface area contributed by atoms with Gasteiger partial charge in [0.05, 0.1) is 32.3 Å². The van der Waals surface area contributed by atoms with E-state index in [0.29, 0.717) is 35.3 Å². The van der Waals surface area contributed by atoms with E-state index in [-0.39, 0.29) is 31.0 Å². The van der Waals surface area contributed by atoms with Gasteiger partial charge in [-0.05, 0) is 19.4 Å². The van der Waals surface area contributed by atoms with E-state index in [1.807, 2.05) is 7.05 Å². The summed E-state index contributed by atoms with van der Waals surface area (Å²) in [5.74, 6) is -0.897. The first kappa shape index (κ1) is 22.5. The van der Waals surface area contributed by atoms with Crippen molar-refractivity contribution in [1.82, 2.24) is 0 Å². The Balaban J connectivity index is 4.72. The largest absolute Gasteiger partial charge is 0.456 e. The molecule has 0 bridgehead atoms. The number of hydrogen-bond donors (Lipinski definition) is 1. The van der Waals surface area contributed by atoms with E-state index in [9.17, 15) is 18.0 Å². The number of esters is 1. The van der Waals surface area contributed by atoms with Crippen LogP contribution in [0.2, 0.25) is 0 Å². The van der Waals surface area contributed by atoms with Gasteiger partial charge in [0.2, 0.25) is 0 Å². The molecule has 1 N–H and O–H groups in total. The zero-order valence-corrected chi connectivity index (χ0v) is 15.5. The number of hydrogen-bond acceptors (Lipinski definition) is 5. The number of carbonyl (C=O) groups excluding carboxylic acids is 2. The number of nitrogens with zero attached hydrogens (tertiary/aromatic N) is 1. The van der Waals surface area contributed by atoms with Gasteiger partial charge in [-0.25, -0.2) is 4.79 Å². The van der Waals surface area contributed by atoms with Crippen molar-refractivity contribution in [2.75, 3.05) is 39.0 Å². The predicted octanol–water partition coefficient (Wildman–Crippen LogP) is 1.37. The number of rotatable bonds is 12. The molecule has 0 saturated heterocycles. The zero-order chi connectivity index (χ0) is 19.0. The topological polar surface area (TPSA) is 97.7 Å². The molecule has 138 valence electrons. The van der Waals surface area contributed by atoms with Crippen molar-refractivity contribution in [3.8, 4) is 0 Å². The molecule has 0 spiro atoms. The van der Waals surface area contributed by atoms with E-state index >= 15 is 0 Å². The normalized spacial score (nSPS) is 13.8. The molecule has 0 fully saturated rings. The molecule has 24 heavy (non-hydrogen) atoms. The third kappa shape index (κ3) is 10.3. The highest BCUT2D eigenvalue weighted by Gasteiger charge is 2.24. The highest BCUT2D eigenvalue weighted by Crippen LogP contribution is 2.10. The summed E-state index contributed by atoms with van der Waals surface area (Å²) in [6, 6.07) is 0. The van der Waals surface area contributed by atoms with E-state index in [1.54, 1.807) is 13.8 Å². The van der Waals surface area contributed by atoms with Crippen LogP contribution >= 0.6 is 0 Å². The third-order valence-electron chi connectivity index (χ3n) is 3.67. The minimum atomic E-state index is -4.02. The standard InChI is InChI=1S/C16H27NO6S/c1-13(2)15(18)7-9-17(5,8-6-12-24(20,21)22)10-11-23-16(19)14(3)4/h1,3,6-12H2,2,4-5H3/p+1. The summed E-state index contributed by atoms with van der Waals surface area (Å²) < 4.78 is 36.0. The van der Waals surface area contributed by atoms with E-state index in [4.69, 9.17) is 9.29 Å². The minimum Gasteiger partial charge on any atom is -0.456 e. The molecule has 0 aliphatic heterocycles. The van der Waals surface area contributed by atoms with Crippen molar-refractivity contribution in [2.45, 2.75) is 26.7 Å². The average Bonchev–Trinajstić information content (AvgIpc) is 2.43. The lowest BCUT2D eigenvalue weighted by atomic mass is 10.1. The number of allylic oxidation sites excluding steroid dienone is 1. The van der Waals surface area contributed by atoms with Gasteiger partial charge in [0.15, 0.2) is 5.78 Å². The Bertz CT molecular complexity index is 596. The van der Waals surface area contributed by atoms with Gasteiger partial charge < -0.3 is 9.22 Å². The Hall–Kier alpha value is -1.51. The number of quaternary nitrogens is 1. The SMILES string of the molecule is C=C(C)C(=O)CC[N+](C)(CCCS(=O)(=O)O)CCOC(=O)C(=C)C. The van der Waals surface area contributed by atoms with Gasteiger partial charge in [0.25, 0.3) is 10.1 Å². The average molecular weight is 362 g/mol. The molecular weight excluding hydrogens is 334 g/mol. The second-order valence-corrected chi connectivity index (χ2v) is 7.87. The molecule has 0 aromatic rings. The van der Waals surface area contributed by atoms with Crippen molar-refractivity contribution in [2.24, 2.45) is 0 Å². The molecule has 0 heterocycles. The van der Waals surface area contributed by atoms with Gasteiger partial charge in [-0.15, -0.1) is 0 Å². The quantitative estimate of drug-likeness (QED) is 0.244. The summed E-state index contributed by atoms with van der Waals surface area (Å²) in [5, 5.41) is 0. The van der Waals surface area contributed by atoms with Crippen LogP contribution < -0.4 is 0 Å². The van der Waals surface area contributed by atoms with Crippen LogP contribution in [0.5, 0.6) is 0 Å². The van der Waals surface area contributed by atoms with Gasteiger partial charge in [0.1, 0.15) is 13.2 Å². The lowest BCUT2D eigenvalue weighted by Crippen LogP contribution is -2.49. The van der Waals surface area contributed by atoms with Crippen molar-refractivity contribution in [3.63, 3.8) is 0 Å². The van der Waals surface area contributed by atoms with Crippen molar-refractivity contribution >= 4 is 21.9 Å². The lowest BCUT2D eigenvalue weighted by Gasteiger charge is -2.34. The smallest absolute Gasteiger partial charge is 0.333 e. The molecule has 0 rings (SSSR count). The van der Waals surface area contributed by atoms with Crippen LogP contribution in [0.15, 0.2) is 24.3 Å². The maximum absolute atomic E-state index is 11.8. The number of likely N-dealkylation sites (N-methyl/N-ethyl adjacent to an activating group) is 1. The zero-order valence-electron chi connectivity index (χ0n) is 14.7. The van der Waals surface area contributed by atoms with Crippen LogP contribution in [0.1, 0.15) is 26.7 Å². The second-order valence-electron chi connectivity index (χ2n) is 6.30. The Morgan fingerprint density at radius 3 is 2.12 bits per heavy atom. The second kappa shape index (κ2) is 9.71. The highest BCUT2D eigenvalue weighted by molar-refractivity contribution is 7.85. The Labute approximate surface area is 144 Å². The summed E-state index contributed by atoms with van der Waals surface area (Å²) >= 11 is 0. The first-order chi connectivity index (χ1) is 10.9. The first-order valence-electron chi connectivity index (χ1n) is 7.66. The van der Waals surface area contributed by atoms with Crippen molar-refractivity contribution < 1.29 is 31.8 Å². The third-order valence-corrected chi connectivity index (χ3v) is 4.47. The summed E-state index contributed by atoms with van der Waals surface area (Å²) in [4.78, 5) is 23.2. The van der Waals surface area contributed by atoms with Gasteiger partial charge in [-0.1, -0.05) is 13.2 Å². The van der Waals surface area contributed by atoms with Crippen LogP contribution in [0.3, 0.4) is 0 Å². The fraction of sp³-hybridized carbons (Fsp3) is 0.625. The van der Waals surface area contributed by atoms with Crippen LogP contribution in [-0.4, -0.2) is 68.2 Å².